The monoisotopic (exact) mass is 189 g/mol. The van der Waals surface area contributed by atoms with Crippen LogP contribution in [0.3, 0.4) is 0 Å². The summed E-state index contributed by atoms with van der Waals surface area (Å²) in [5, 5.41) is 8.72. The molecule has 0 atom stereocenters. The summed E-state index contributed by atoms with van der Waals surface area (Å²) in [7, 11) is 1.50. The van der Waals surface area contributed by atoms with Crippen molar-refractivity contribution >= 4 is 5.91 Å². The van der Waals surface area contributed by atoms with Crippen molar-refractivity contribution in [3.8, 4) is 0 Å². The van der Waals surface area contributed by atoms with Crippen LogP contribution in [0.4, 0.5) is 0 Å². The normalized spacial score (nSPS) is 11.5. The Balaban J connectivity index is 4.36. The van der Waals surface area contributed by atoms with E-state index in [-0.39, 0.29) is 12.5 Å². The van der Waals surface area contributed by atoms with E-state index >= 15 is 0 Å². The Kier molecular flexibility index (Phi) is 4.95. The molecule has 0 aliphatic carbocycles. The van der Waals surface area contributed by atoms with Crippen LogP contribution in [-0.2, 0) is 9.53 Å². The number of aliphatic hydroxyl groups excluding tert-OH is 1. The van der Waals surface area contributed by atoms with E-state index in [9.17, 15) is 4.79 Å². The third kappa shape index (κ3) is 3.32. The quantitative estimate of drug-likeness (QED) is 0.674. The first kappa shape index (κ1) is 12.4. The molecular weight excluding hydrogens is 170 g/mol. The van der Waals surface area contributed by atoms with Gasteiger partial charge in [-0.15, -0.1) is 0 Å². The summed E-state index contributed by atoms with van der Waals surface area (Å²) in [4.78, 5) is 13.3. The van der Waals surface area contributed by atoms with Gasteiger partial charge in [0.1, 0.15) is 5.60 Å². The van der Waals surface area contributed by atoms with Gasteiger partial charge in [-0.2, -0.15) is 0 Å². The van der Waals surface area contributed by atoms with Crippen LogP contribution >= 0.6 is 0 Å². The molecule has 0 rings (SSSR count). The van der Waals surface area contributed by atoms with Crippen molar-refractivity contribution in [1.82, 2.24) is 4.90 Å². The van der Waals surface area contributed by atoms with Crippen molar-refractivity contribution in [2.75, 3.05) is 26.8 Å². The minimum atomic E-state index is -0.800. The highest BCUT2D eigenvalue weighted by atomic mass is 16.5. The fourth-order valence-corrected chi connectivity index (χ4v) is 0.992. The molecule has 0 aromatic rings. The number of nitrogens with zero attached hydrogens (tertiary/aromatic N) is 1. The zero-order valence-corrected chi connectivity index (χ0v) is 8.83. The van der Waals surface area contributed by atoms with Crippen LogP contribution in [0.2, 0.25) is 0 Å². The van der Waals surface area contributed by atoms with E-state index in [1.54, 1.807) is 18.7 Å². The van der Waals surface area contributed by atoms with E-state index in [1.165, 1.54) is 7.11 Å². The summed E-state index contributed by atoms with van der Waals surface area (Å²) in [6, 6.07) is 0. The van der Waals surface area contributed by atoms with Crippen LogP contribution in [0.15, 0.2) is 0 Å². The zero-order chi connectivity index (χ0) is 10.5. The molecule has 0 aliphatic heterocycles. The predicted molar refractivity (Wildman–Crippen MR) is 50.4 cm³/mol. The second kappa shape index (κ2) is 5.19. The molecule has 0 saturated carbocycles. The lowest BCUT2D eigenvalue weighted by Gasteiger charge is -2.29. The highest BCUT2D eigenvalue weighted by Crippen LogP contribution is 2.11. The van der Waals surface area contributed by atoms with Gasteiger partial charge in [0.2, 0.25) is 0 Å². The Bertz CT molecular complexity index is 168. The van der Waals surface area contributed by atoms with Crippen LogP contribution < -0.4 is 0 Å². The first-order chi connectivity index (χ1) is 5.99. The third-order valence-corrected chi connectivity index (χ3v) is 2.06. The molecule has 0 saturated heterocycles. The summed E-state index contributed by atoms with van der Waals surface area (Å²) in [6.07, 6.45) is 0. The van der Waals surface area contributed by atoms with Crippen molar-refractivity contribution in [2.24, 2.45) is 0 Å². The number of rotatable bonds is 5. The first-order valence-corrected chi connectivity index (χ1v) is 4.45. The molecule has 0 aromatic carbocycles. The van der Waals surface area contributed by atoms with Crippen LogP contribution in [0, 0.1) is 0 Å². The highest BCUT2D eigenvalue weighted by Gasteiger charge is 2.30. The standard InChI is InChI=1S/C9H19NO3/c1-5-10(6-7-11)8(12)9(2,3)13-4/h11H,5-7H2,1-4H3. The Labute approximate surface area is 79.5 Å². The molecule has 1 N–H and O–H groups in total. The molecule has 0 unspecified atom stereocenters. The van der Waals surface area contributed by atoms with Gasteiger partial charge in [-0.05, 0) is 20.8 Å². The lowest BCUT2D eigenvalue weighted by molar-refractivity contribution is -0.151. The first-order valence-electron chi connectivity index (χ1n) is 4.45. The number of hydrogen-bond donors (Lipinski definition) is 1. The number of ether oxygens (including phenoxy) is 1. The maximum atomic E-state index is 11.7. The van der Waals surface area contributed by atoms with E-state index in [0.717, 1.165) is 0 Å². The number of aliphatic hydroxyl groups is 1. The number of carbonyl (C=O) groups is 1. The second-order valence-electron chi connectivity index (χ2n) is 3.32. The topological polar surface area (TPSA) is 49.8 Å². The van der Waals surface area contributed by atoms with Crippen molar-refractivity contribution in [2.45, 2.75) is 26.4 Å². The molecule has 78 valence electrons. The van der Waals surface area contributed by atoms with Gasteiger partial charge in [-0.1, -0.05) is 0 Å². The Morgan fingerprint density at radius 1 is 1.54 bits per heavy atom. The van der Waals surface area contributed by atoms with Gasteiger partial charge in [0.05, 0.1) is 6.61 Å². The predicted octanol–water partition coefficient (Wildman–Crippen LogP) is 0.252. The average molecular weight is 189 g/mol. The van der Waals surface area contributed by atoms with E-state index in [4.69, 9.17) is 9.84 Å². The van der Waals surface area contributed by atoms with Crippen molar-refractivity contribution in [1.29, 1.82) is 0 Å². The summed E-state index contributed by atoms with van der Waals surface area (Å²) >= 11 is 0. The van der Waals surface area contributed by atoms with E-state index in [1.807, 2.05) is 6.92 Å². The number of hydrogen-bond acceptors (Lipinski definition) is 3. The van der Waals surface area contributed by atoms with E-state index in [0.29, 0.717) is 13.1 Å². The maximum Gasteiger partial charge on any atom is 0.254 e. The summed E-state index contributed by atoms with van der Waals surface area (Å²) in [5.74, 6) is -0.0912. The smallest absolute Gasteiger partial charge is 0.254 e. The fourth-order valence-electron chi connectivity index (χ4n) is 0.992. The molecule has 0 bridgehead atoms. The maximum absolute atomic E-state index is 11.7. The molecule has 0 spiro atoms. The molecule has 1 amide bonds. The molecular formula is C9H19NO3. The van der Waals surface area contributed by atoms with Crippen molar-refractivity contribution in [3.05, 3.63) is 0 Å². The summed E-state index contributed by atoms with van der Waals surface area (Å²) in [5.41, 5.74) is -0.800. The van der Waals surface area contributed by atoms with Gasteiger partial charge < -0.3 is 14.7 Å². The minimum absolute atomic E-state index is 0.0145. The van der Waals surface area contributed by atoms with Crippen LogP contribution in [0.25, 0.3) is 0 Å². The number of amides is 1. The average Bonchev–Trinajstić information content (AvgIpc) is 2.13. The molecule has 4 nitrogen and oxygen atoms in total. The number of carbonyl (C=O) groups excluding carboxylic acids is 1. The lowest BCUT2D eigenvalue weighted by atomic mass is 10.1. The van der Waals surface area contributed by atoms with Crippen LogP contribution in [0.5, 0.6) is 0 Å². The summed E-state index contributed by atoms with van der Waals surface area (Å²) < 4.78 is 5.06. The van der Waals surface area contributed by atoms with Gasteiger partial charge >= 0.3 is 0 Å². The minimum Gasteiger partial charge on any atom is -0.395 e. The van der Waals surface area contributed by atoms with Crippen molar-refractivity contribution < 1.29 is 14.6 Å². The Morgan fingerprint density at radius 2 is 2.08 bits per heavy atom. The third-order valence-electron chi connectivity index (χ3n) is 2.06. The number of methoxy groups -OCH3 is 1. The molecule has 0 radical (unpaired) electrons. The molecule has 0 fully saturated rings. The van der Waals surface area contributed by atoms with E-state index in [2.05, 4.69) is 0 Å². The Morgan fingerprint density at radius 3 is 2.38 bits per heavy atom. The SMILES string of the molecule is CCN(CCO)C(=O)C(C)(C)OC. The van der Waals surface area contributed by atoms with Gasteiger partial charge in [-0.3, -0.25) is 4.79 Å². The van der Waals surface area contributed by atoms with Crippen LogP contribution in [-0.4, -0.2) is 48.3 Å². The van der Waals surface area contributed by atoms with Gasteiger partial charge in [0.15, 0.2) is 0 Å². The lowest BCUT2D eigenvalue weighted by Crippen LogP contribution is -2.47. The molecule has 4 heteroatoms. The van der Waals surface area contributed by atoms with Gasteiger partial charge in [-0.25, -0.2) is 0 Å². The summed E-state index contributed by atoms with van der Waals surface area (Å²) in [6.45, 7) is 6.25. The van der Waals surface area contributed by atoms with Crippen LogP contribution in [0.1, 0.15) is 20.8 Å². The largest absolute Gasteiger partial charge is 0.395 e. The molecule has 0 aliphatic rings. The number of likely N-dealkylation sites (N-methyl/N-ethyl adjacent to an activating group) is 1. The Hall–Kier alpha value is -0.610. The van der Waals surface area contributed by atoms with Gasteiger partial charge in [0, 0.05) is 20.2 Å². The molecule has 0 aromatic heterocycles. The second-order valence-corrected chi connectivity index (χ2v) is 3.32. The van der Waals surface area contributed by atoms with Gasteiger partial charge in [0.25, 0.3) is 5.91 Å². The molecule has 0 heterocycles. The highest BCUT2D eigenvalue weighted by molar-refractivity contribution is 5.84. The van der Waals surface area contributed by atoms with E-state index < -0.39 is 5.60 Å². The molecule has 13 heavy (non-hydrogen) atoms. The van der Waals surface area contributed by atoms with Crippen molar-refractivity contribution in [3.63, 3.8) is 0 Å². The fraction of sp³-hybridized carbons (Fsp3) is 0.889. The zero-order valence-electron chi connectivity index (χ0n) is 8.83.